The molecule has 1 rings (SSSR count). The minimum Gasteiger partial charge on any atom is -0.385 e. The van der Waals surface area contributed by atoms with Crippen molar-refractivity contribution >= 4 is 0 Å². The minimum absolute atomic E-state index is 0.280. The van der Waals surface area contributed by atoms with E-state index in [1.54, 1.807) is 7.11 Å². The van der Waals surface area contributed by atoms with E-state index in [0.717, 1.165) is 19.7 Å². The van der Waals surface area contributed by atoms with Crippen molar-refractivity contribution in [2.45, 2.75) is 58.0 Å². The standard InChI is InChI=1S/C14H30N2O/c1-6-14(4)12-16(9-7-8-10-17-5)13(2,3)11-15-14/h15H,6-12H2,1-5H3. The Kier molecular flexibility index (Phi) is 5.42. The summed E-state index contributed by atoms with van der Waals surface area (Å²) in [6, 6.07) is 0. The highest BCUT2D eigenvalue weighted by molar-refractivity contribution is 4.98. The second-order valence-electron chi connectivity index (χ2n) is 6.20. The number of unbranched alkanes of at least 4 members (excludes halogenated alkanes) is 1. The van der Waals surface area contributed by atoms with E-state index in [4.69, 9.17) is 4.74 Å². The normalized spacial score (nSPS) is 29.5. The smallest absolute Gasteiger partial charge is 0.0462 e. The van der Waals surface area contributed by atoms with Crippen molar-refractivity contribution in [3.63, 3.8) is 0 Å². The molecule has 0 radical (unpaired) electrons. The van der Waals surface area contributed by atoms with Gasteiger partial charge in [-0.3, -0.25) is 4.90 Å². The Balaban J connectivity index is 2.47. The van der Waals surface area contributed by atoms with Crippen molar-refractivity contribution in [3.05, 3.63) is 0 Å². The number of piperazine rings is 1. The fraction of sp³-hybridized carbons (Fsp3) is 1.00. The summed E-state index contributed by atoms with van der Waals surface area (Å²) in [7, 11) is 1.78. The molecule has 0 bridgehead atoms. The van der Waals surface area contributed by atoms with E-state index in [1.807, 2.05) is 0 Å². The molecule has 1 atom stereocenters. The number of nitrogens with zero attached hydrogens (tertiary/aromatic N) is 1. The van der Waals surface area contributed by atoms with Gasteiger partial charge >= 0.3 is 0 Å². The summed E-state index contributed by atoms with van der Waals surface area (Å²) < 4.78 is 5.11. The van der Waals surface area contributed by atoms with Crippen LogP contribution in [0.2, 0.25) is 0 Å². The van der Waals surface area contributed by atoms with E-state index in [1.165, 1.54) is 25.8 Å². The first-order chi connectivity index (χ1) is 7.93. The Labute approximate surface area is 107 Å². The minimum atomic E-state index is 0.280. The molecule has 17 heavy (non-hydrogen) atoms. The first kappa shape index (κ1) is 14.9. The summed E-state index contributed by atoms with van der Waals surface area (Å²) in [5, 5.41) is 3.70. The van der Waals surface area contributed by atoms with E-state index in [0.29, 0.717) is 0 Å². The van der Waals surface area contributed by atoms with Crippen LogP contribution in [0, 0.1) is 0 Å². The first-order valence-corrected chi connectivity index (χ1v) is 6.92. The Morgan fingerprint density at radius 1 is 1.24 bits per heavy atom. The number of ether oxygens (including phenoxy) is 1. The molecule has 1 N–H and O–H groups in total. The summed E-state index contributed by atoms with van der Waals surface area (Å²) in [5.41, 5.74) is 0.568. The molecule has 1 fully saturated rings. The fourth-order valence-electron chi connectivity index (χ4n) is 2.40. The molecular weight excluding hydrogens is 212 g/mol. The van der Waals surface area contributed by atoms with E-state index in [9.17, 15) is 0 Å². The van der Waals surface area contributed by atoms with Gasteiger partial charge in [0, 0.05) is 37.9 Å². The van der Waals surface area contributed by atoms with Crippen molar-refractivity contribution in [2.75, 3.05) is 33.4 Å². The molecule has 1 unspecified atom stereocenters. The van der Waals surface area contributed by atoms with E-state index < -0.39 is 0 Å². The largest absolute Gasteiger partial charge is 0.385 e. The molecular formula is C14H30N2O. The molecule has 3 nitrogen and oxygen atoms in total. The number of hydrogen-bond donors (Lipinski definition) is 1. The topological polar surface area (TPSA) is 24.5 Å². The molecule has 1 aliphatic rings. The van der Waals surface area contributed by atoms with Crippen LogP contribution in [0.15, 0.2) is 0 Å². The van der Waals surface area contributed by atoms with Gasteiger partial charge < -0.3 is 10.1 Å². The maximum absolute atomic E-state index is 5.11. The van der Waals surface area contributed by atoms with E-state index in [-0.39, 0.29) is 11.1 Å². The Morgan fingerprint density at radius 2 is 1.94 bits per heavy atom. The predicted octanol–water partition coefficient (Wildman–Crippen LogP) is 2.27. The Bertz CT molecular complexity index is 230. The lowest BCUT2D eigenvalue weighted by molar-refractivity contribution is 0.0286. The molecule has 102 valence electrons. The van der Waals surface area contributed by atoms with Crippen LogP contribution in [-0.4, -0.2) is 49.3 Å². The highest BCUT2D eigenvalue weighted by atomic mass is 16.5. The van der Waals surface area contributed by atoms with Gasteiger partial charge in [-0.1, -0.05) is 6.92 Å². The summed E-state index contributed by atoms with van der Waals surface area (Å²) >= 11 is 0. The number of methoxy groups -OCH3 is 1. The molecule has 1 heterocycles. The summed E-state index contributed by atoms with van der Waals surface area (Å²) in [6.45, 7) is 13.6. The zero-order valence-corrected chi connectivity index (χ0v) is 12.3. The monoisotopic (exact) mass is 242 g/mol. The quantitative estimate of drug-likeness (QED) is 0.723. The van der Waals surface area contributed by atoms with Crippen LogP contribution in [0.1, 0.15) is 47.0 Å². The first-order valence-electron chi connectivity index (χ1n) is 6.92. The van der Waals surface area contributed by atoms with Gasteiger partial charge in [0.05, 0.1) is 0 Å². The van der Waals surface area contributed by atoms with Crippen LogP contribution in [0.5, 0.6) is 0 Å². The zero-order valence-electron chi connectivity index (χ0n) is 12.3. The van der Waals surface area contributed by atoms with E-state index >= 15 is 0 Å². The van der Waals surface area contributed by atoms with Crippen molar-refractivity contribution in [1.82, 2.24) is 10.2 Å². The van der Waals surface area contributed by atoms with Gasteiger partial charge in [0.15, 0.2) is 0 Å². The maximum Gasteiger partial charge on any atom is 0.0462 e. The lowest BCUT2D eigenvalue weighted by atomic mass is 9.88. The zero-order chi connectivity index (χ0) is 12.9. The molecule has 3 heteroatoms. The van der Waals surface area contributed by atoms with Crippen molar-refractivity contribution in [2.24, 2.45) is 0 Å². The molecule has 0 aromatic heterocycles. The SMILES string of the molecule is CCC1(C)CN(CCCCOC)C(C)(C)CN1. The predicted molar refractivity (Wildman–Crippen MR) is 73.5 cm³/mol. The van der Waals surface area contributed by atoms with Gasteiger partial charge in [-0.05, 0) is 46.6 Å². The van der Waals surface area contributed by atoms with Crippen LogP contribution in [0.25, 0.3) is 0 Å². The second-order valence-corrected chi connectivity index (χ2v) is 6.20. The fourth-order valence-corrected chi connectivity index (χ4v) is 2.40. The lowest BCUT2D eigenvalue weighted by Crippen LogP contribution is -2.67. The average Bonchev–Trinajstić information content (AvgIpc) is 2.30. The molecule has 0 aliphatic carbocycles. The van der Waals surface area contributed by atoms with Crippen LogP contribution >= 0.6 is 0 Å². The van der Waals surface area contributed by atoms with E-state index in [2.05, 4.69) is 37.9 Å². The lowest BCUT2D eigenvalue weighted by Gasteiger charge is -2.51. The number of nitrogens with one attached hydrogen (secondary N) is 1. The third kappa shape index (κ3) is 4.23. The number of rotatable bonds is 6. The third-order valence-corrected chi connectivity index (χ3v) is 4.15. The van der Waals surface area contributed by atoms with Gasteiger partial charge in [-0.25, -0.2) is 0 Å². The Hall–Kier alpha value is -0.120. The van der Waals surface area contributed by atoms with Crippen LogP contribution in [0.4, 0.5) is 0 Å². The highest BCUT2D eigenvalue weighted by Crippen LogP contribution is 2.25. The average molecular weight is 242 g/mol. The van der Waals surface area contributed by atoms with Crippen molar-refractivity contribution in [3.8, 4) is 0 Å². The maximum atomic E-state index is 5.11. The van der Waals surface area contributed by atoms with Gasteiger partial charge in [0.2, 0.25) is 0 Å². The number of hydrogen-bond acceptors (Lipinski definition) is 3. The van der Waals surface area contributed by atoms with Gasteiger partial charge in [-0.2, -0.15) is 0 Å². The second kappa shape index (κ2) is 6.17. The molecule has 0 aromatic carbocycles. The molecule has 0 spiro atoms. The molecule has 0 saturated carbocycles. The van der Waals surface area contributed by atoms with Crippen molar-refractivity contribution < 1.29 is 4.74 Å². The molecule has 0 amide bonds. The van der Waals surface area contributed by atoms with Crippen LogP contribution in [0.3, 0.4) is 0 Å². The van der Waals surface area contributed by atoms with Crippen LogP contribution < -0.4 is 5.32 Å². The highest BCUT2D eigenvalue weighted by Gasteiger charge is 2.38. The molecule has 0 aromatic rings. The summed E-state index contributed by atoms with van der Waals surface area (Å²) in [5.74, 6) is 0. The molecule has 1 aliphatic heterocycles. The summed E-state index contributed by atoms with van der Waals surface area (Å²) in [6.07, 6.45) is 3.59. The van der Waals surface area contributed by atoms with Gasteiger partial charge in [0.1, 0.15) is 0 Å². The van der Waals surface area contributed by atoms with Crippen LogP contribution in [-0.2, 0) is 4.74 Å². The third-order valence-electron chi connectivity index (χ3n) is 4.15. The van der Waals surface area contributed by atoms with Gasteiger partial charge in [-0.15, -0.1) is 0 Å². The summed E-state index contributed by atoms with van der Waals surface area (Å²) in [4.78, 5) is 2.64. The Morgan fingerprint density at radius 3 is 2.53 bits per heavy atom. The van der Waals surface area contributed by atoms with Gasteiger partial charge in [0.25, 0.3) is 0 Å². The molecule has 1 saturated heterocycles. The van der Waals surface area contributed by atoms with Crippen molar-refractivity contribution in [1.29, 1.82) is 0 Å².